The molecule has 0 atom stereocenters. The van der Waals surface area contributed by atoms with Gasteiger partial charge in [0.25, 0.3) is 0 Å². The summed E-state index contributed by atoms with van der Waals surface area (Å²) in [5.74, 6) is -0.248. The van der Waals surface area contributed by atoms with Gasteiger partial charge in [0.05, 0.1) is 5.69 Å². The lowest BCUT2D eigenvalue weighted by atomic mass is 10.2. The molecule has 0 radical (unpaired) electrons. The summed E-state index contributed by atoms with van der Waals surface area (Å²) in [6.45, 7) is 0. The van der Waals surface area contributed by atoms with Gasteiger partial charge in [-0.1, -0.05) is 24.3 Å². The van der Waals surface area contributed by atoms with Crippen molar-refractivity contribution in [1.29, 1.82) is 0 Å². The molecule has 0 bridgehead atoms. The van der Waals surface area contributed by atoms with Crippen LogP contribution in [0.4, 0.5) is 0 Å². The Hall–Kier alpha value is -2.42. The zero-order valence-electron chi connectivity index (χ0n) is 9.08. The molecule has 0 saturated carbocycles. The zero-order chi connectivity index (χ0) is 12.1. The minimum Gasteiger partial charge on any atom is -0.504 e. The van der Waals surface area contributed by atoms with Gasteiger partial charge in [-0.15, -0.1) is 0 Å². The highest BCUT2D eigenvalue weighted by molar-refractivity contribution is 5.70. The molecule has 0 saturated heterocycles. The van der Waals surface area contributed by atoms with Crippen LogP contribution in [0.2, 0.25) is 0 Å². The third-order valence-corrected chi connectivity index (χ3v) is 2.26. The standard InChI is InChI=1S/C14H11NO2/c16-13-7-2-1-5-11(14(13)17)8-9-12-6-3-4-10-15-12/h1-10H,(H,16,17)/b9-8+. The van der Waals surface area contributed by atoms with E-state index in [-0.39, 0.29) is 5.75 Å². The minimum absolute atomic E-state index is 0.248. The van der Waals surface area contributed by atoms with Crippen LogP contribution in [0, 0.1) is 0 Å². The van der Waals surface area contributed by atoms with Gasteiger partial charge in [-0.2, -0.15) is 0 Å². The van der Waals surface area contributed by atoms with Crippen LogP contribution < -0.4 is 5.43 Å². The van der Waals surface area contributed by atoms with E-state index in [1.807, 2.05) is 18.2 Å². The first kappa shape index (κ1) is 11.1. The van der Waals surface area contributed by atoms with E-state index in [1.54, 1.807) is 36.5 Å². The fourth-order valence-electron chi connectivity index (χ4n) is 1.39. The summed E-state index contributed by atoms with van der Waals surface area (Å²) < 4.78 is 0. The highest BCUT2D eigenvalue weighted by Crippen LogP contribution is 2.13. The van der Waals surface area contributed by atoms with Crippen LogP contribution in [-0.4, -0.2) is 10.1 Å². The Morgan fingerprint density at radius 1 is 1.00 bits per heavy atom. The van der Waals surface area contributed by atoms with Gasteiger partial charge in [-0.3, -0.25) is 9.78 Å². The van der Waals surface area contributed by atoms with E-state index in [9.17, 15) is 9.90 Å². The topological polar surface area (TPSA) is 50.2 Å². The Morgan fingerprint density at radius 2 is 1.76 bits per heavy atom. The Balaban J connectivity index is 2.38. The molecule has 0 spiro atoms. The molecule has 0 aliphatic carbocycles. The van der Waals surface area contributed by atoms with Crippen molar-refractivity contribution in [2.75, 3.05) is 0 Å². The van der Waals surface area contributed by atoms with Crippen LogP contribution in [0.25, 0.3) is 12.2 Å². The maximum Gasteiger partial charge on any atom is 0.220 e. The van der Waals surface area contributed by atoms with Crippen molar-refractivity contribution in [3.8, 4) is 5.75 Å². The SMILES string of the molecule is O=c1ccccc(/C=C/c2ccccn2)c1O. The molecule has 1 N–H and O–H groups in total. The number of hydrogen-bond donors (Lipinski definition) is 1. The van der Waals surface area contributed by atoms with Gasteiger partial charge in [0.2, 0.25) is 5.43 Å². The number of pyridine rings is 1. The predicted octanol–water partition coefficient (Wildman–Crippen LogP) is 2.32. The number of aromatic nitrogens is 1. The normalized spacial score (nSPS) is 10.6. The van der Waals surface area contributed by atoms with Crippen molar-refractivity contribution in [3.05, 3.63) is 70.1 Å². The average Bonchev–Trinajstić information content (AvgIpc) is 2.52. The molecular formula is C14H11NO2. The molecular weight excluding hydrogens is 214 g/mol. The zero-order valence-corrected chi connectivity index (χ0v) is 9.08. The minimum atomic E-state index is -0.393. The Labute approximate surface area is 98.7 Å². The quantitative estimate of drug-likeness (QED) is 0.853. The van der Waals surface area contributed by atoms with Gasteiger partial charge < -0.3 is 5.11 Å². The average molecular weight is 225 g/mol. The van der Waals surface area contributed by atoms with Gasteiger partial charge in [-0.05, 0) is 30.4 Å². The third kappa shape index (κ3) is 2.78. The summed E-state index contributed by atoms with van der Waals surface area (Å²) >= 11 is 0. The molecule has 1 aromatic heterocycles. The van der Waals surface area contributed by atoms with Crippen LogP contribution in [-0.2, 0) is 0 Å². The van der Waals surface area contributed by atoms with E-state index in [0.29, 0.717) is 5.56 Å². The highest BCUT2D eigenvalue weighted by atomic mass is 16.3. The molecule has 1 aromatic carbocycles. The fourth-order valence-corrected chi connectivity index (χ4v) is 1.39. The summed E-state index contributed by atoms with van der Waals surface area (Å²) in [6.07, 6.45) is 5.09. The molecule has 3 heteroatoms. The maximum absolute atomic E-state index is 11.4. The smallest absolute Gasteiger partial charge is 0.220 e. The van der Waals surface area contributed by atoms with Crippen molar-refractivity contribution >= 4 is 12.2 Å². The van der Waals surface area contributed by atoms with Gasteiger partial charge in [0.1, 0.15) is 0 Å². The van der Waals surface area contributed by atoms with Gasteiger partial charge >= 0.3 is 0 Å². The molecule has 0 fully saturated rings. The van der Waals surface area contributed by atoms with Crippen molar-refractivity contribution in [2.45, 2.75) is 0 Å². The van der Waals surface area contributed by atoms with E-state index in [2.05, 4.69) is 4.98 Å². The number of aromatic hydroxyl groups is 1. The van der Waals surface area contributed by atoms with E-state index in [0.717, 1.165) is 5.69 Å². The van der Waals surface area contributed by atoms with Crippen LogP contribution >= 0.6 is 0 Å². The number of rotatable bonds is 2. The van der Waals surface area contributed by atoms with Gasteiger partial charge in [0, 0.05) is 11.8 Å². The number of nitrogens with zero attached hydrogens (tertiary/aromatic N) is 1. The molecule has 2 rings (SSSR count). The van der Waals surface area contributed by atoms with Crippen LogP contribution in [0.1, 0.15) is 11.3 Å². The molecule has 0 unspecified atom stereocenters. The van der Waals surface area contributed by atoms with Crippen LogP contribution in [0.15, 0.2) is 53.5 Å². The second-order valence-corrected chi connectivity index (χ2v) is 3.47. The first-order valence-electron chi connectivity index (χ1n) is 5.19. The third-order valence-electron chi connectivity index (χ3n) is 2.26. The summed E-state index contributed by atoms with van der Waals surface area (Å²) in [6, 6.07) is 11.8. The van der Waals surface area contributed by atoms with Crippen molar-refractivity contribution in [1.82, 2.24) is 4.98 Å². The summed E-state index contributed by atoms with van der Waals surface area (Å²) in [4.78, 5) is 15.5. The second kappa shape index (κ2) is 5.07. The molecule has 3 nitrogen and oxygen atoms in total. The molecule has 84 valence electrons. The maximum atomic E-state index is 11.4. The molecule has 0 aliphatic heterocycles. The van der Waals surface area contributed by atoms with E-state index >= 15 is 0 Å². The highest BCUT2D eigenvalue weighted by Gasteiger charge is 1.98. The van der Waals surface area contributed by atoms with Crippen LogP contribution in [0.3, 0.4) is 0 Å². The van der Waals surface area contributed by atoms with Crippen LogP contribution in [0.5, 0.6) is 5.75 Å². The lowest BCUT2D eigenvalue weighted by Crippen LogP contribution is -1.94. The Kier molecular flexibility index (Phi) is 3.31. The largest absolute Gasteiger partial charge is 0.504 e. The first-order valence-corrected chi connectivity index (χ1v) is 5.19. The molecule has 0 amide bonds. The monoisotopic (exact) mass is 225 g/mol. The number of hydrogen-bond acceptors (Lipinski definition) is 3. The van der Waals surface area contributed by atoms with Gasteiger partial charge in [0.15, 0.2) is 5.75 Å². The van der Waals surface area contributed by atoms with Gasteiger partial charge in [-0.25, -0.2) is 0 Å². The van der Waals surface area contributed by atoms with E-state index < -0.39 is 5.43 Å². The fraction of sp³-hybridized carbons (Fsp3) is 0. The lowest BCUT2D eigenvalue weighted by Gasteiger charge is -1.93. The molecule has 2 aromatic rings. The predicted molar refractivity (Wildman–Crippen MR) is 67.5 cm³/mol. The second-order valence-electron chi connectivity index (χ2n) is 3.47. The Bertz CT molecular complexity index is 592. The summed E-state index contributed by atoms with van der Waals surface area (Å²) in [5.41, 5.74) is 0.854. The van der Waals surface area contributed by atoms with Crippen molar-refractivity contribution < 1.29 is 5.11 Å². The lowest BCUT2D eigenvalue weighted by molar-refractivity contribution is 0.470. The first-order chi connectivity index (χ1) is 8.27. The van der Waals surface area contributed by atoms with Crippen molar-refractivity contribution in [3.63, 3.8) is 0 Å². The van der Waals surface area contributed by atoms with E-state index in [4.69, 9.17) is 0 Å². The molecule has 17 heavy (non-hydrogen) atoms. The van der Waals surface area contributed by atoms with Crippen molar-refractivity contribution in [2.24, 2.45) is 0 Å². The molecule has 0 aliphatic rings. The molecule has 1 heterocycles. The van der Waals surface area contributed by atoms with E-state index in [1.165, 1.54) is 6.07 Å². The summed E-state index contributed by atoms with van der Waals surface area (Å²) in [7, 11) is 0. The summed E-state index contributed by atoms with van der Waals surface area (Å²) in [5, 5.41) is 9.65. The Morgan fingerprint density at radius 3 is 2.53 bits per heavy atom.